The van der Waals surface area contributed by atoms with Gasteiger partial charge in [0.25, 0.3) is 12.6 Å². The van der Waals surface area contributed by atoms with Gasteiger partial charge < -0.3 is 0 Å². The van der Waals surface area contributed by atoms with E-state index >= 15 is 0 Å². The Labute approximate surface area is 70.8 Å². The molecule has 60 valence electrons. The van der Waals surface area contributed by atoms with E-state index in [4.69, 9.17) is 6.57 Å². The van der Waals surface area contributed by atoms with Gasteiger partial charge in [0.2, 0.25) is 0 Å². The standard InChI is InChI=1S/C9H8N2O/c1-10-7-11-9(12)8-5-3-2-4-6-8/h2-6H,7H2,(H,11,12). The van der Waals surface area contributed by atoms with E-state index in [0.29, 0.717) is 5.56 Å². The summed E-state index contributed by atoms with van der Waals surface area (Å²) >= 11 is 0. The number of carbonyl (C=O) groups is 1. The van der Waals surface area contributed by atoms with Crippen molar-refractivity contribution in [3.63, 3.8) is 0 Å². The molecule has 0 saturated heterocycles. The molecule has 0 bridgehead atoms. The van der Waals surface area contributed by atoms with Crippen LogP contribution in [0.1, 0.15) is 10.4 Å². The van der Waals surface area contributed by atoms with E-state index in [1.165, 1.54) is 0 Å². The predicted octanol–water partition coefficient (Wildman–Crippen LogP) is 1.29. The summed E-state index contributed by atoms with van der Waals surface area (Å²) in [6.45, 7) is 6.50. The normalized spacial score (nSPS) is 8.58. The molecule has 0 aromatic heterocycles. The van der Waals surface area contributed by atoms with E-state index < -0.39 is 0 Å². The molecule has 0 aliphatic rings. The predicted molar refractivity (Wildman–Crippen MR) is 45.4 cm³/mol. The van der Waals surface area contributed by atoms with E-state index in [1.807, 2.05) is 6.07 Å². The smallest absolute Gasteiger partial charge is 0.289 e. The fraction of sp³-hybridized carbons (Fsp3) is 0.111. The third kappa shape index (κ3) is 2.10. The van der Waals surface area contributed by atoms with E-state index in [-0.39, 0.29) is 12.6 Å². The molecule has 1 rings (SSSR count). The van der Waals surface area contributed by atoms with Crippen LogP contribution >= 0.6 is 0 Å². The number of benzene rings is 1. The van der Waals surface area contributed by atoms with E-state index in [0.717, 1.165) is 0 Å². The maximum atomic E-state index is 11.1. The van der Waals surface area contributed by atoms with Crippen LogP contribution in [0.25, 0.3) is 4.85 Å². The quantitative estimate of drug-likeness (QED) is 0.650. The minimum atomic E-state index is -0.202. The molecular weight excluding hydrogens is 152 g/mol. The molecule has 0 radical (unpaired) electrons. The second-order valence-electron chi connectivity index (χ2n) is 2.19. The Morgan fingerprint density at radius 2 is 2.08 bits per heavy atom. The Balaban J connectivity index is 2.61. The molecule has 1 amide bonds. The monoisotopic (exact) mass is 160 g/mol. The molecule has 0 unspecified atom stereocenters. The average Bonchev–Trinajstić information content (AvgIpc) is 2.15. The number of rotatable bonds is 2. The molecule has 0 saturated carbocycles. The first-order valence-electron chi connectivity index (χ1n) is 3.51. The van der Waals surface area contributed by atoms with Crippen LogP contribution < -0.4 is 5.32 Å². The van der Waals surface area contributed by atoms with Crippen LogP contribution in [0.4, 0.5) is 0 Å². The second-order valence-corrected chi connectivity index (χ2v) is 2.19. The van der Waals surface area contributed by atoms with Crippen molar-refractivity contribution in [2.45, 2.75) is 0 Å². The van der Waals surface area contributed by atoms with Crippen molar-refractivity contribution in [2.24, 2.45) is 0 Å². The average molecular weight is 160 g/mol. The summed E-state index contributed by atoms with van der Waals surface area (Å²) in [4.78, 5) is 14.2. The third-order valence-electron chi connectivity index (χ3n) is 1.35. The minimum absolute atomic E-state index is 0.0354. The van der Waals surface area contributed by atoms with Crippen LogP contribution in [0.3, 0.4) is 0 Å². The second kappa shape index (κ2) is 4.14. The lowest BCUT2D eigenvalue weighted by atomic mass is 10.2. The van der Waals surface area contributed by atoms with Gasteiger partial charge in [0.15, 0.2) is 0 Å². The first kappa shape index (κ1) is 8.28. The SMILES string of the molecule is [C-]#[N+]CNC(=O)c1ccccc1. The zero-order valence-corrected chi connectivity index (χ0v) is 6.45. The molecule has 3 heteroatoms. The van der Waals surface area contributed by atoms with Gasteiger partial charge in [-0.15, -0.1) is 0 Å². The fourth-order valence-electron chi connectivity index (χ4n) is 0.803. The summed E-state index contributed by atoms with van der Waals surface area (Å²) in [5.41, 5.74) is 0.584. The minimum Gasteiger partial charge on any atom is -0.293 e. The zero-order chi connectivity index (χ0) is 8.81. The van der Waals surface area contributed by atoms with E-state index in [2.05, 4.69) is 10.2 Å². The van der Waals surface area contributed by atoms with Crippen LogP contribution in [0.2, 0.25) is 0 Å². The highest BCUT2D eigenvalue weighted by atomic mass is 16.1. The largest absolute Gasteiger partial charge is 0.293 e. The van der Waals surface area contributed by atoms with Crippen LogP contribution in [-0.2, 0) is 0 Å². The molecule has 0 atom stereocenters. The molecule has 0 aliphatic heterocycles. The Bertz CT molecular complexity index is 300. The first-order chi connectivity index (χ1) is 5.84. The summed E-state index contributed by atoms with van der Waals surface area (Å²) < 4.78 is 0. The van der Waals surface area contributed by atoms with Crippen LogP contribution in [0.15, 0.2) is 30.3 Å². The molecule has 12 heavy (non-hydrogen) atoms. The Hall–Kier alpha value is -1.82. The summed E-state index contributed by atoms with van der Waals surface area (Å²) in [7, 11) is 0. The lowest BCUT2D eigenvalue weighted by molar-refractivity contribution is 0.0958. The fourth-order valence-corrected chi connectivity index (χ4v) is 0.803. The maximum absolute atomic E-state index is 11.1. The van der Waals surface area contributed by atoms with Crippen molar-refractivity contribution < 1.29 is 4.79 Å². The Morgan fingerprint density at radius 3 is 2.67 bits per heavy atom. The number of carbonyl (C=O) groups excluding carboxylic acids is 1. The lowest BCUT2D eigenvalue weighted by Crippen LogP contribution is -2.22. The van der Waals surface area contributed by atoms with Crippen molar-refractivity contribution >= 4 is 5.91 Å². The van der Waals surface area contributed by atoms with Crippen molar-refractivity contribution in [3.05, 3.63) is 47.3 Å². The molecule has 0 fully saturated rings. The van der Waals surface area contributed by atoms with Crippen molar-refractivity contribution in [1.29, 1.82) is 0 Å². The van der Waals surface area contributed by atoms with Gasteiger partial charge in [-0.05, 0) is 12.1 Å². The molecule has 1 aromatic rings. The van der Waals surface area contributed by atoms with Gasteiger partial charge in [0.05, 0.1) is 0 Å². The molecule has 1 N–H and O–H groups in total. The van der Waals surface area contributed by atoms with Crippen LogP contribution in [-0.4, -0.2) is 12.6 Å². The Kier molecular flexibility index (Phi) is 2.86. The van der Waals surface area contributed by atoms with Gasteiger partial charge in [-0.1, -0.05) is 18.2 Å². The maximum Gasteiger partial charge on any atom is 0.289 e. The van der Waals surface area contributed by atoms with Crippen LogP contribution in [0, 0.1) is 6.57 Å². The van der Waals surface area contributed by atoms with Gasteiger partial charge in [-0.2, -0.15) is 0 Å². The number of hydrogen-bond acceptors (Lipinski definition) is 1. The lowest BCUT2D eigenvalue weighted by Gasteiger charge is -1.96. The van der Waals surface area contributed by atoms with Crippen LogP contribution in [0.5, 0.6) is 0 Å². The topological polar surface area (TPSA) is 33.5 Å². The summed E-state index contributed by atoms with van der Waals surface area (Å²) in [6.07, 6.45) is 0. The van der Waals surface area contributed by atoms with Crippen molar-refractivity contribution in [1.82, 2.24) is 5.32 Å². The number of amides is 1. The highest BCUT2D eigenvalue weighted by molar-refractivity contribution is 5.94. The van der Waals surface area contributed by atoms with Gasteiger partial charge >= 0.3 is 0 Å². The molecule has 0 spiro atoms. The van der Waals surface area contributed by atoms with Gasteiger partial charge in [0, 0.05) is 5.56 Å². The molecule has 0 aliphatic carbocycles. The van der Waals surface area contributed by atoms with E-state index in [9.17, 15) is 4.79 Å². The van der Waals surface area contributed by atoms with Gasteiger partial charge in [-0.25, -0.2) is 6.57 Å². The molecule has 1 aromatic carbocycles. The first-order valence-corrected chi connectivity index (χ1v) is 3.51. The van der Waals surface area contributed by atoms with E-state index in [1.54, 1.807) is 24.3 Å². The summed E-state index contributed by atoms with van der Waals surface area (Å²) in [5, 5.41) is 2.46. The molecule has 0 heterocycles. The number of nitrogens with zero attached hydrogens (tertiary/aromatic N) is 1. The Morgan fingerprint density at radius 1 is 1.42 bits per heavy atom. The van der Waals surface area contributed by atoms with Crippen molar-refractivity contribution in [3.8, 4) is 0 Å². The zero-order valence-electron chi connectivity index (χ0n) is 6.45. The highest BCUT2D eigenvalue weighted by Crippen LogP contribution is 1.96. The number of nitrogens with one attached hydrogen (secondary N) is 1. The highest BCUT2D eigenvalue weighted by Gasteiger charge is 2.02. The summed E-state index contributed by atoms with van der Waals surface area (Å²) in [6, 6.07) is 8.82. The molecular formula is C9H8N2O. The molecule has 3 nitrogen and oxygen atoms in total. The van der Waals surface area contributed by atoms with Gasteiger partial charge in [-0.3, -0.25) is 15.0 Å². The van der Waals surface area contributed by atoms with Crippen molar-refractivity contribution in [2.75, 3.05) is 6.67 Å². The summed E-state index contributed by atoms with van der Waals surface area (Å²) in [5.74, 6) is -0.202. The third-order valence-corrected chi connectivity index (χ3v) is 1.35. The number of hydrogen-bond donors (Lipinski definition) is 1. The van der Waals surface area contributed by atoms with Gasteiger partial charge in [0.1, 0.15) is 0 Å².